The number of ether oxygens (including phenoxy) is 1. The Morgan fingerprint density at radius 3 is 2.89 bits per heavy atom. The van der Waals surface area contributed by atoms with Crippen LogP contribution in [0.4, 0.5) is 5.69 Å². The van der Waals surface area contributed by atoms with Crippen molar-refractivity contribution in [2.45, 2.75) is 13.2 Å². The first-order valence-corrected chi connectivity index (χ1v) is 5.55. The van der Waals surface area contributed by atoms with Gasteiger partial charge in [-0.2, -0.15) is 5.10 Å². The molecule has 2 rings (SSSR count). The van der Waals surface area contributed by atoms with Gasteiger partial charge in [-0.3, -0.25) is 14.8 Å². The Hall–Kier alpha value is -2.48. The Morgan fingerprint density at radius 2 is 2.32 bits per heavy atom. The lowest BCUT2D eigenvalue weighted by Gasteiger charge is -2.07. The van der Waals surface area contributed by atoms with Gasteiger partial charge >= 0.3 is 5.69 Å². The van der Waals surface area contributed by atoms with Gasteiger partial charge in [-0.05, 0) is 11.6 Å². The predicted molar refractivity (Wildman–Crippen MR) is 66.3 cm³/mol. The summed E-state index contributed by atoms with van der Waals surface area (Å²) in [5.74, 6) is 0.753. The summed E-state index contributed by atoms with van der Waals surface area (Å²) in [7, 11) is 1.72. The summed E-state index contributed by atoms with van der Waals surface area (Å²) in [5.41, 5.74) is 6.17. The van der Waals surface area contributed by atoms with Crippen molar-refractivity contribution in [2.24, 2.45) is 12.8 Å². The highest BCUT2D eigenvalue weighted by Gasteiger charge is 2.16. The second-order valence-corrected chi connectivity index (χ2v) is 3.85. The monoisotopic (exact) mass is 263 g/mol. The summed E-state index contributed by atoms with van der Waals surface area (Å²) < 4.78 is 6.99. The molecule has 8 heteroatoms. The van der Waals surface area contributed by atoms with Crippen LogP contribution in [0, 0.1) is 10.1 Å². The molecule has 19 heavy (non-hydrogen) atoms. The van der Waals surface area contributed by atoms with Crippen LogP contribution >= 0.6 is 0 Å². The van der Waals surface area contributed by atoms with E-state index in [-0.39, 0.29) is 24.6 Å². The maximum atomic E-state index is 10.9. The molecule has 2 N–H and O–H groups in total. The summed E-state index contributed by atoms with van der Waals surface area (Å²) in [5, 5.41) is 14.8. The first-order chi connectivity index (χ1) is 9.11. The van der Waals surface area contributed by atoms with Gasteiger partial charge in [0.1, 0.15) is 12.9 Å². The maximum Gasteiger partial charge on any atom is 0.310 e. The van der Waals surface area contributed by atoms with Crippen LogP contribution in [0.25, 0.3) is 0 Å². The zero-order valence-electron chi connectivity index (χ0n) is 10.3. The minimum Gasteiger partial charge on any atom is -0.479 e. The number of aryl methyl sites for hydroxylation is 1. The molecular formula is C11H13N5O3. The lowest BCUT2D eigenvalue weighted by Crippen LogP contribution is -2.06. The van der Waals surface area contributed by atoms with Gasteiger partial charge in [0, 0.05) is 19.7 Å². The Balaban J connectivity index is 2.22. The lowest BCUT2D eigenvalue weighted by molar-refractivity contribution is -0.386. The molecule has 0 unspecified atom stereocenters. The molecule has 0 bridgehead atoms. The molecule has 0 radical (unpaired) electrons. The number of nitrogens with zero attached hydrogens (tertiary/aromatic N) is 4. The van der Waals surface area contributed by atoms with Crippen molar-refractivity contribution >= 4 is 5.69 Å². The fourth-order valence-electron chi connectivity index (χ4n) is 1.55. The molecule has 0 saturated carbocycles. The largest absolute Gasteiger partial charge is 0.479 e. The number of nitro groups is 1. The Kier molecular flexibility index (Phi) is 3.71. The Morgan fingerprint density at radius 1 is 1.53 bits per heavy atom. The quantitative estimate of drug-likeness (QED) is 0.630. The van der Waals surface area contributed by atoms with Crippen LogP contribution in [0.3, 0.4) is 0 Å². The van der Waals surface area contributed by atoms with E-state index in [9.17, 15) is 10.1 Å². The Labute approximate surface area is 109 Å². The van der Waals surface area contributed by atoms with E-state index in [0.29, 0.717) is 5.82 Å². The van der Waals surface area contributed by atoms with Crippen LogP contribution in [0.2, 0.25) is 0 Å². The van der Waals surface area contributed by atoms with Gasteiger partial charge in [-0.15, -0.1) is 0 Å². The maximum absolute atomic E-state index is 10.9. The summed E-state index contributed by atoms with van der Waals surface area (Å²) in [6, 6.07) is 4.55. The SMILES string of the molecule is Cn1ncnc1COc1cc(CN)ccc1[N+](=O)[O-]. The number of nitro benzene ring substituents is 1. The van der Waals surface area contributed by atoms with Gasteiger partial charge in [0.2, 0.25) is 0 Å². The highest BCUT2D eigenvalue weighted by atomic mass is 16.6. The molecule has 2 aromatic rings. The van der Waals surface area contributed by atoms with E-state index >= 15 is 0 Å². The van der Waals surface area contributed by atoms with Gasteiger partial charge < -0.3 is 10.5 Å². The Bertz CT molecular complexity index is 596. The van der Waals surface area contributed by atoms with E-state index in [1.165, 1.54) is 12.4 Å². The van der Waals surface area contributed by atoms with E-state index in [1.54, 1.807) is 23.9 Å². The average Bonchev–Trinajstić information content (AvgIpc) is 2.81. The molecular weight excluding hydrogens is 250 g/mol. The molecule has 0 saturated heterocycles. The van der Waals surface area contributed by atoms with Gasteiger partial charge in [0.15, 0.2) is 11.6 Å². The van der Waals surface area contributed by atoms with Crippen molar-refractivity contribution in [3.63, 3.8) is 0 Å². The molecule has 0 amide bonds. The first-order valence-electron chi connectivity index (χ1n) is 5.55. The third-order valence-corrected chi connectivity index (χ3v) is 2.62. The molecule has 1 aromatic heterocycles. The number of aromatic nitrogens is 3. The summed E-state index contributed by atoms with van der Waals surface area (Å²) >= 11 is 0. The van der Waals surface area contributed by atoms with Crippen molar-refractivity contribution in [3.8, 4) is 5.75 Å². The van der Waals surface area contributed by atoms with Crippen molar-refractivity contribution < 1.29 is 9.66 Å². The number of rotatable bonds is 5. The normalized spacial score (nSPS) is 10.4. The third-order valence-electron chi connectivity index (χ3n) is 2.62. The zero-order chi connectivity index (χ0) is 13.8. The summed E-state index contributed by atoms with van der Waals surface area (Å²) in [6.07, 6.45) is 1.39. The second kappa shape index (κ2) is 5.44. The van der Waals surface area contributed by atoms with Crippen LogP contribution in [-0.4, -0.2) is 19.7 Å². The van der Waals surface area contributed by atoms with Crippen LogP contribution in [-0.2, 0) is 20.2 Å². The molecule has 100 valence electrons. The van der Waals surface area contributed by atoms with Crippen molar-refractivity contribution in [2.75, 3.05) is 0 Å². The van der Waals surface area contributed by atoms with Crippen LogP contribution < -0.4 is 10.5 Å². The smallest absolute Gasteiger partial charge is 0.310 e. The molecule has 0 atom stereocenters. The number of hydrogen-bond acceptors (Lipinski definition) is 6. The minimum absolute atomic E-state index is 0.0978. The molecule has 1 aromatic carbocycles. The number of nitrogens with two attached hydrogens (primary N) is 1. The molecule has 8 nitrogen and oxygen atoms in total. The average molecular weight is 263 g/mol. The first kappa shape index (κ1) is 13.0. The van der Waals surface area contributed by atoms with Gasteiger partial charge in [0.25, 0.3) is 0 Å². The molecule has 0 aliphatic carbocycles. The van der Waals surface area contributed by atoms with Crippen LogP contribution in [0.5, 0.6) is 5.75 Å². The molecule has 0 fully saturated rings. The summed E-state index contributed by atoms with van der Waals surface area (Å²) in [6.45, 7) is 0.393. The third kappa shape index (κ3) is 2.86. The molecule has 0 spiro atoms. The van der Waals surface area contributed by atoms with E-state index in [4.69, 9.17) is 10.5 Å². The molecule has 0 aliphatic heterocycles. The molecule has 0 aliphatic rings. The topological polar surface area (TPSA) is 109 Å². The number of hydrogen-bond donors (Lipinski definition) is 1. The summed E-state index contributed by atoms with van der Waals surface area (Å²) in [4.78, 5) is 14.4. The van der Waals surface area contributed by atoms with E-state index < -0.39 is 4.92 Å². The highest BCUT2D eigenvalue weighted by Crippen LogP contribution is 2.28. The predicted octanol–water partition coefficient (Wildman–Crippen LogP) is 0.761. The van der Waals surface area contributed by atoms with Crippen molar-refractivity contribution in [1.82, 2.24) is 14.8 Å². The molecule has 1 heterocycles. The minimum atomic E-state index is -0.494. The van der Waals surface area contributed by atoms with Gasteiger partial charge in [-0.25, -0.2) is 4.98 Å². The lowest BCUT2D eigenvalue weighted by atomic mass is 10.2. The van der Waals surface area contributed by atoms with Crippen molar-refractivity contribution in [3.05, 3.63) is 46.0 Å². The zero-order valence-corrected chi connectivity index (χ0v) is 10.3. The number of benzene rings is 1. The standard InChI is InChI=1S/C11H13N5O3/c1-15-11(13-7-14-15)6-19-10-4-8(5-12)2-3-9(10)16(17)18/h2-4,7H,5-6,12H2,1H3. The van der Waals surface area contributed by atoms with Crippen LogP contribution in [0.15, 0.2) is 24.5 Å². The van der Waals surface area contributed by atoms with Crippen LogP contribution in [0.1, 0.15) is 11.4 Å². The van der Waals surface area contributed by atoms with E-state index in [1.807, 2.05) is 0 Å². The highest BCUT2D eigenvalue weighted by molar-refractivity contribution is 5.48. The van der Waals surface area contributed by atoms with E-state index in [2.05, 4.69) is 10.1 Å². The van der Waals surface area contributed by atoms with Gasteiger partial charge in [0.05, 0.1) is 4.92 Å². The van der Waals surface area contributed by atoms with E-state index in [0.717, 1.165) is 5.56 Å². The fraction of sp³-hybridized carbons (Fsp3) is 0.273. The fourth-order valence-corrected chi connectivity index (χ4v) is 1.55. The van der Waals surface area contributed by atoms with Crippen molar-refractivity contribution in [1.29, 1.82) is 0 Å². The second-order valence-electron chi connectivity index (χ2n) is 3.85. The van der Waals surface area contributed by atoms with Gasteiger partial charge in [-0.1, -0.05) is 6.07 Å².